The summed E-state index contributed by atoms with van der Waals surface area (Å²) in [4.78, 5) is 0. The molecule has 0 aliphatic heterocycles. The van der Waals surface area contributed by atoms with Gasteiger partial charge in [-0.1, -0.05) is 35.4 Å². The Labute approximate surface area is 47.5 Å². The van der Waals surface area contributed by atoms with Gasteiger partial charge in [0.05, 0.1) is 0 Å². The second-order valence-electron chi connectivity index (χ2n) is 1.26. The van der Waals surface area contributed by atoms with Gasteiger partial charge in [0.15, 0.2) is 0 Å². The quantitative estimate of drug-likeness (QED) is 0.515. The molecule has 0 aromatic heterocycles. The lowest BCUT2D eigenvalue weighted by Gasteiger charge is -1.95. The molecule has 0 atom stereocenters. The van der Waals surface area contributed by atoms with E-state index in [1.165, 1.54) is 0 Å². The molecule has 1 radical (unpaired) electrons. The van der Waals surface area contributed by atoms with Crippen molar-refractivity contribution in [2.24, 2.45) is 0 Å². The van der Waals surface area contributed by atoms with Crippen molar-refractivity contribution in [1.82, 2.24) is 0 Å². The molecule has 0 nitrogen and oxygen atoms in total. The number of hydrogen-bond donors (Lipinski definition) is 0. The van der Waals surface area contributed by atoms with E-state index in [9.17, 15) is 0 Å². The maximum atomic E-state index is 3.61. The topological polar surface area (TPSA) is 0 Å². The van der Waals surface area contributed by atoms with E-state index >= 15 is 0 Å². The molecule has 0 fully saturated rings. The van der Waals surface area contributed by atoms with Crippen molar-refractivity contribution >= 4 is 21.6 Å². The second kappa shape index (κ2) is 3.88. The molecule has 0 aliphatic rings. The lowest BCUT2D eigenvalue weighted by Crippen LogP contribution is -1.77. The lowest BCUT2D eigenvalue weighted by molar-refractivity contribution is 1.12. The molecule has 2 heteroatoms. The van der Waals surface area contributed by atoms with E-state index in [4.69, 9.17) is 0 Å². The van der Waals surface area contributed by atoms with Gasteiger partial charge in [-0.2, -0.15) is 0 Å². The Morgan fingerprint density at radius 1 is 1.50 bits per heavy atom. The van der Waals surface area contributed by atoms with Crippen molar-refractivity contribution in [3.63, 3.8) is 0 Å². The van der Waals surface area contributed by atoms with Crippen molar-refractivity contribution in [2.45, 2.75) is 19.1 Å². The zero-order valence-corrected chi connectivity index (χ0v) is 5.73. The van der Waals surface area contributed by atoms with Crippen LogP contribution in [0.25, 0.3) is 0 Å². The molecule has 0 amide bonds. The number of hydrogen-bond acceptors (Lipinski definition) is 2. The van der Waals surface area contributed by atoms with E-state index in [1.54, 1.807) is 21.6 Å². The molecule has 37 valence electrons. The molecule has 0 saturated heterocycles. The maximum absolute atomic E-state index is 3.61. The fraction of sp³-hybridized carbons (Fsp3) is 0.750. The molecule has 0 bridgehead atoms. The van der Waals surface area contributed by atoms with E-state index in [1.807, 2.05) is 0 Å². The first-order valence-electron chi connectivity index (χ1n) is 1.85. The highest BCUT2D eigenvalue weighted by molar-refractivity contribution is 8.77. The molecule has 0 heterocycles. The summed E-state index contributed by atoms with van der Waals surface area (Å²) in [5.41, 5.74) is 0. The van der Waals surface area contributed by atoms with Gasteiger partial charge in [-0.3, -0.25) is 0 Å². The summed E-state index contributed by atoms with van der Waals surface area (Å²) < 4.78 is 0. The Morgan fingerprint density at radius 2 is 2.00 bits per heavy atom. The highest BCUT2D eigenvalue weighted by atomic mass is 33.1. The van der Waals surface area contributed by atoms with Crippen LogP contribution in [0.15, 0.2) is 0 Å². The molecule has 0 unspecified atom stereocenters. The fourth-order valence-corrected chi connectivity index (χ4v) is 1.22. The first-order valence-corrected chi connectivity index (χ1v) is 4.23. The summed E-state index contributed by atoms with van der Waals surface area (Å²) in [5.74, 6) is 0. The molecule has 0 aromatic rings. The van der Waals surface area contributed by atoms with Gasteiger partial charge in [0.1, 0.15) is 0 Å². The van der Waals surface area contributed by atoms with Gasteiger partial charge < -0.3 is 0 Å². The Hall–Kier alpha value is 0.700. The summed E-state index contributed by atoms with van der Waals surface area (Å²) in [6, 6.07) is 0. The van der Waals surface area contributed by atoms with E-state index in [0.29, 0.717) is 5.25 Å². The van der Waals surface area contributed by atoms with Crippen LogP contribution in [0, 0.1) is 6.26 Å². The summed E-state index contributed by atoms with van der Waals surface area (Å²) in [6.07, 6.45) is 3.61. The van der Waals surface area contributed by atoms with Crippen molar-refractivity contribution in [3.8, 4) is 0 Å². The third-order valence-corrected chi connectivity index (χ3v) is 2.34. The minimum absolute atomic E-state index is 0.715. The smallest absolute Gasteiger partial charge is 0.0136 e. The Bertz CT molecular complexity index is 26.7. The minimum Gasteiger partial charge on any atom is -0.0930 e. The van der Waals surface area contributed by atoms with Crippen LogP contribution >= 0.6 is 21.6 Å². The predicted molar refractivity (Wildman–Crippen MR) is 35.7 cm³/mol. The van der Waals surface area contributed by atoms with Gasteiger partial charge in [-0.25, -0.2) is 0 Å². The van der Waals surface area contributed by atoms with Gasteiger partial charge in [0, 0.05) is 11.5 Å². The largest absolute Gasteiger partial charge is 0.0930 e. The lowest BCUT2D eigenvalue weighted by atomic mass is 10.6. The standard InChI is InChI=1S/C4H9S2/c1-4(2)6-5-3/h4H,3H2,1-2H3. The zero-order chi connectivity index (χ0) is 4.99. The molecular weight excluding hydrogens is 112 g/mol. The van der Waals surface area contributed by atoms with Crippen molar-refractivity contribution in [2.75, 3.05) is 0 Å². The highest BCUT2D eigenvalue weighted by Gasteiger charge is 1.86. The fourth-order valence-electron chi connectivity index (χ4n) is 0.136. The van der Waals surface area contributed by atoms with Crippen LogP contribution in [0.4, 0.5) is 0 Å². The van der Waals surface area contributed by atoms with Gasteiger partial charge in [-0.15, -0.1) is 0 Å². The van der Waals surface area contributed by atoms with Gasteiger partial charge in [0.25, 0.3) is 0 Å². The third-order valence-electron chi connectivity index (χ3n) is 0.260. The third kappa shape index (κ3) is 4.70. The van der Waals surface area contributed by atoms with Crippen LogP contribution in [0.2, 0.25) is 0 Å². The molecule has 0 aromatic carbocycles. The Morgan fingerprint density at radius 3 is 2.00 bits per heavy atom. The summed E-state index contributed by atoms with van der Waals surface area (Å²) >= 11 is 0. The molecule has 0 rings (SSSR count). The normalized spacial score (nSPS) is 10.0. The van der Waals surface area contributed by atoms with Crippen molar-refractivity contribution in [3.05, 3.63) is 6.26 Å². The van der Waals surface area contributed by atoms with Crippen LogP contribution < -0.4 is 0 Å². The maximum Gasteiger partial charge on any atom is 0.0136 e. The summed E-state index contributed by atoms with van der Waals surface area (Å²) in [5, 5.41) is 0.715. The summed E-state index contributed by atoms with van der Waals surface area (Å²) in [6.45, 7) is 4.31. The average molecular weight is 121 g/mol. The van der Waals surface area contributed by atoms with E-state index in [-0.39, 0.29) is 0 Å². The van der Waals surface area contributed by atoms with E-state index < -0.39 is 0 Å². The molecule has 0 N–H and O–H groups in total. The van der Waals surface area contributed by atoms with E-state index in [0.717, 1.165) is 0 Å². The molecule has 0 aliphatic carbocycles. The first kappa shape index (κ1) is 6.70. The van der Waals surface area contributed by atoms with Crippen LogP contribution in [-0.2, 0) is 0 Å². The summed E-state index contributed by atoms with van der Waals surface area (Å²) in [7, 11) is 3.37. The average Bonchev–Trinajstić information content (AvgIpc) is 1.35. The first-order chi connectivity index (χ1) is 2.77. The van der Waals surface area contributed by atoms with Crippen LogP contribution in [-0.4, -0.2) is 5.25 Å². The van der Waals surface area contributed by atoms with Gasteiger partial charge in [-0.05, 0) is 0 Å². The predicted octanol–water partition coefficient (Wildman–Crippen LogP) is 2.57. The van der Waals surface area contributed by atoms with Crippen LogP contribution in [0.1, 0.15) is 13.8 Å². The Kier molecular flexibility index (Phi) is 4.33. The van der Waals surface area contributed by atoms with Gasteiger partial charge >= 0.3 is 0 Å². The Balaban J connectivity index is 2.63. The molecule has 6 heavy (non-hydrogen) atoms. The molecular formula is C4H9S2. The highest BCUT2D eigenvalue weighted by Crippen LogP contribution is 2.23. The van der Waals surface area contributed by atoms with Crippen LogP contribution in [0.5, 0.6) is 0 Å². The van der Waals surface area contributed by atoms with Gasteiger partial charge in [0.2, 0.25) is 0 Å². The zero-order valence-electron chi connectivity index (χ0n) is 4.10. The minimum atomic E-state index is 0.715. The monoisotopic (exact) mass is 121 g/mol. The van der Waals surface area contributed by atoms with Crippen molar-refractivity contribution < 1.29 is 0 Å². The second-order valence-corrected chi connectivity index (χ2v) is 3.92. The number of rotatable bonds is 2. The molecule has 0 spiro atoms. The SMILES string of the molecule is [CH2]SSC(C)C. The van der Waals surface area contributed by atoms with Crippen LogP contribution in [0.3, 0.4) is 0 Å². The van der Waals surface area contributed by atoms with Crippen molar-refractivity contribution in [1.29, 1.82) is 0 Å². The molecule has 0 saturated carbocycles. The van der Waals surface area contributed by atoms with E-state index in [2.05, 4.69) is 20.1 Å².